The number of hydrogen-bond acceptors (Lipinski definition) is 3. The summed E-state index contributed by atoms with van der Waals surface area (Å²) in [4.78, 5) is 0.996. The summed E-state index contributed by atoms with van der Waals surface area (Å²) in [6.07, 6.45) is 0.893. The Labute approximate surface area is 140 Å². The molecule has 2 aromatic rings. The highest BCUT2D eigenvalue weighted by molar-refractivity contribution is 7.80. The van der Waals surface area contributed by atoms with Crippen LogP contribution < -0.4 is 0 Å². The molecule has 0 radical (unpaired) electrons. The van der Waals surface area contributed by atoms with Crippen molar-refractivity contribution in [2.75, 3.05) is 13.2 Å². The van der Waals surface area contributed by atoms with Crippen molar-refractivity contribution in [2.24, 2.45) is 0 Å². The lowest BCUT2D eigenvalue weighted by molar-refractivity contribution is 0.261. The molecule has 0 bridgehead atoms. The molecule has 0 heterocycles. The Bertz CT molecular complexity index is 556. The SMILES string of the molecule is CCOP(OCC)C(Cc1ccccc1)c1ccccc1S. The third-order valence-corrected chi connectivity index (χ3v) is 5.74. The maximum atomic E-state index is 5.93. The molecule has 22 heavy (non-hydrogen) atoms. The normalized spacial score (nSPS) is 12.5. The van der Waals surface area contributed by atoms with Gasteiger partial charge < -0.3 is 9.05 Å². The van der Waals surface area contributed by atoms with E-state index in [4.69, 9.17) is 9.05 Å². The van der Waals surface area contributed by atoms with Gasteiger partial charge >= 0.3 is 0 Å². The lowest BCUT2D eigenvalue weighted by atomic mass is 10.0. The van der Waals surface area contributed by atoms with E-state index < -0.39 is 8.38 Å². The van der Waals surface area contributed by atoms with Crippen LogP contribution in [-0.4, -0.2) is 13.2 Å². The molecule has 2 rings (SSSR count). The van der Waals surface area contributed by atoms with Crippen LogP contribution in [-0.2, 0) is 15.5 Å². The van der Waals surface area contributed by atoms with Crippen molar-refractivity contribution in [3.05, 3.63) is 65.7 Å². The van der Waals surface area contributed by atoms with E-state index >= 15 is 0 Å². The zero-order chi connectivity index (χ0) is 15.8. The quantitative estimate of drug-likeness (QED) is 0.497. The fourth-order valence-corrected chi connectivity index (χ4v) is 4.55. The van der Waals surface area contributed by atoms with Crippen molar-refractivity contribution in [2.45, 2.75) is 30.8 Å². The lowest BCUT2D eigenvalue weighted by Crippen LogP contribution is -2.07. The molecule has 0 spiro atoms. The van der Waals surface area contributed by atoms with E-state index in [1.807, 2.05) is 32.0 Å². The predicted octanol–water partition coefficient (Wildman–Crippen LogP) is 5.64. The molecule has 1 unspecified atom stereocenters. The average Bonchev–Trinajstić information content (AvgIpc) is 2.54. The van der Waals surface area contributed by atoms with E-state index in [-0.39, 0.29) is 5.66 Å². The van der Waals surface area contributed by atoms with Crippen LogP contribution in [0.2, 0.25) is 0 Å². The van der Waals surface area contributed by atoms with Crippen LogP contribution in [0.25, 0.3) is 0 Å². The maximum absolute atomic E-state index is 5.93. The summed E-state index contributed by atoms with van der Waals surface area (Å²) in [7, 11) is -0.989. The molecule has 0 aromatic heterocycles. The van der Waals surface area contributed by atoms with E-state index in [1.54, 1.807) is 0 Å². The van der Waals surface area contributed by atoms with Gasteiger partial charge in [-0.2, -0.15) is 0 Å². The number of rotatable bonds is 8. The molecule has 0 saturated heterocycles. The van der Waals surface area contributed by atoms with Gasteiger partial charge in [0.25, 0.3) is 0 Å². The summed E-state index contributed by atoms with van der Waals surface area (Å²) in [6.45, 7) is 5.35. The number of benzene rings is 2. The van der Waals surface area contributed by atoms with Gasteiger partial charge in [0.1, 0.15) is 0 Å². The maximum Gasteiger partial charge on any atom is 0.178 e. The van der Waals surface area contributed by atoms with Crippen molar-refractivity contribution < 1.29 is 9.05 Å². The van der Waals surface area contributed by atoms with Crippen molar-refractivity contribution >= 4 is 21.0 Å². The minimum Gasteiger partial charge on any atom is -0.334 e. The van der Waals surface area contributed by atoms with E-state index in [9.17, 15) is 0 Å². The topological polar surface area (TPSA) is 18.5 Å². The first-order valence-electron chi connectivity index (χ1n) is 7.63. The minimum absolute atomic E-state index is 0.186. The number of thiol groups is 1. The Kier molecular flexibility index (Phi) is 7.41. The van der Waals surface area contributed by atoms with Crippen molar-refractivity contribution in [1.29, 1.82) is 0 Å². The highest BCUT2D eigenvalue weighted by atomic mass is 32.1. The van der Waals surface area contributed by atoms with Crippen LogP contribution >= 0.6 is 21.0 Å². The Balaban J connectivity index is 2.32. The van der Waals surface area contributed by atoms with Gasteiger partial charge in [0.2, 0.25) is 0 Å². The van der Waals surface area contributed by atoms with Crippen LogP contribution in [0.15, 0.2) is 59.5 Å². The van der Waals surface area contributed by atoms with Crippen LogP contribution in [0.5, 0.6) is 0 Å². The van der Waals surface area contributed by atoms with Gasteiger partial charge in [-0.3, -0.25) is 0 Å². The first-order valence-corrected chi connectivity index (χ1v) is 9.32. The second-order valence-corrected chi connectivity index (χ2v) is 7.08. The highest BCUT2D eigenvalue weighted by Crippen LogP contribution is 2.55. The molecule has 2 nitrogen and oxygen atoms in total. The molecule has 0 fully saturated rings. The minimum atomic E-state index is -0.989. The molecule has 2 aromatic carbocycles. The van der Waals surface area contributed by atoms with Gasteiger partial charge in [-0.25, -0.2) is 0 Å². The van der Waals surface area contributed by atoms with E-state index in [2.05, 4.69) is 49.0 Å². The van der Waals surface area contributed by atoms with Gasteiger partial charge in [-0.15, -0.1) is 12.6 Å². The zero-order valence-corrected chi connectivity index (χ0v) is 14.9. The standard InChI is InChI=1S/C18H23O2PS/c1-3-19-21(20-4-2)17(14-15-10-6-5-7-11-15)16-12-8-9-13-18(16)22/h5-13,17,22H,3-4,14H2,1-2H3. The summed E-state index contributed by atoms with van der Waals surface area (Å²) in [5, 5.41) is 0. The zero-order valence-electron chi connectivity index (χ0n) is 13.1. The molecule has 4 heteroatoms. The molecular formula is C18H23O2PS. The Hall–Kier alpha value is -0.860. The van der Waals surface area contributed by atoms with E-state index in [1.165, 1.54) is 11.1 Å². The smallest absolute Gasteiger partial charge is 0.178 e. The number of hydrogen-bond donors (Lipinski definition) is 1. The summed E-state index contributed by atoms with van der Waals surface area (Å²) >= 11 is 4.63. The lowest BCUT2D eigenvalue weighted by Gasteiger charge is -2.27. The van der Waals surface area contributed by atoms with Crippen molar-refractivity contribution in [1.82, 2.24) is 0 Å². The Morgan fingerprint density at radius 3 is 2.09 bits per heavy atom. The van der Waals surface area contributed by atoms with Gasteiger partial charge in [0.05, 0.1) is 18.9 Å². The second-order valence-electron chi connectivity index (χ2n) is 4.89. The first kappa shape index (κ1) is 17.5. The van der Waals surface area contributed by atoms with Gasteiger partial charge in [0, 0.05) is 4.90 Å². The molecule has 0 aliphatic heterocycles. The molecule has 1 atom stereocenters. The highest BCUT2D eigenvalue weighted by Gasteiger charge is 2.27. The summed E-state index contributed by atoms with van der Waals surface area (Å²) in [5.41, 5.74) is 2.67. The molecule has 0 aliphatic carbocycles. The van der Waals surface area contributed by atoms with Gasteiger partial charge in [-0.1, -0.05) is 48.5 Å². The van der Waals surface area contributed by atoms with Gasteiger partial charge in [0.15, 0.2) is 8.38 Å². The summed E-state index contributed by atoms with van der Waals surface area (Å²) < 4.78 is 11.9. The second kappa shape index (κ2) is 9.32. The fourth-order valence-electron chi connectivity index (χ4n) is 2.38. The molecule has 0 aliphatic rings. The summed E-state index contributed by atoms with van der Waals surface area (Å²) in [5.74, 6) is 0. The third kappa shape index (κ3) is 4.82. The first-order chi connectivity index (χ1) is 10.8. The van der Waals surface area contributed by atoms with Crippen LogP contribution in [0.4, 0.5) is 0 Å². The molecule has 0 amide bonds. The van der Waals surface area contributed by atoms with Crippen LogP contribution in [0.3, 0.4) is 0 Å². The third-order valence-electron chi connectivity index (χ3n) is 3.33. The predicted molar refractivity (Wildman–Crippen MR) is 96.8 cm³/mol. The largest absolute Gasteiger partial charge is 0.334 e. The molecule has 0 N–H and O–H groups in total. The summed E-state index contributed by atoms with van der Waals surface area (Å²) in [6, 6.07) is 18.7. The van der Waals surface area contributed by atoms with Crippen molar-refractivity contribution in [3.8, 4) is 0 Å². The fraction of sp³-hybridized carbons (Fsp3) is 0.333. The van der Waals surface area contributed by atoms with Crippen LogP contribution in [0.1, 0.15) is 30.6 Å². The molecule has 0 saturated carbocycles. The Morgan fingerprint density at radius 2 is 1.50 bits per heavy atom. The van der Waals surface area contributed by atoms with E-state index in [0.29, 0.717) is 13.2 Å². The molecule has 118 valence electrons. The Morgan fingerprint density at radius 1 is 0.909 bits per heavy atom. The average molecular weight is 334 g/mol. The molecular weight excluding hydrogens is 311 g/mol. The monoisotopic (exact) mass is 334 g/mol. The van der Waals surface area contributed by atoms with E-state index in [0.717, 1.165) is 11.3 Å². The van der Waals surface area contributed by atoms with Crippen LogP contribution in [0, 0.1) is 0 Å². The van der Waals surface area contributed by atoms with Crippen molar-refractivity contribution in [3.63, 3.8) is 0 Å². The van der Waals surface area contributed by atoms with Gasteiger partial charge in [-0.05, 0) is 37.5 Å².